The number of imidazole rings is 1. The van der Waals surface area contributed by atoms with Gasteiger partial charge in [0.05, 0.1) is 10.9 Å². The highest BCUT2D eigenvalue weighted by atomic mass is 35.5. The predicted molar refractivity (Wildman–Crippen MR) is 86.0 cm³/mol. The predicted octanol–water partition coefficient (Wildman–Crippen LogP) is 4.71. The van der Waals surface area contributed by atoms with Crippen LogP contribution >= 0.6 is 22.9 Å². The molecule has 0 aliphatic rings. The quantitative estimate of drug-likeness (QED) is 0.653. The zero-order valence-electron chi connectivity index (χ0n) is 11.4. The molecule has 0 saturated carbocycles. The molecule has 3 aromatic rings. The minimum Gasteiger partial charge on any atom is -0.320 e. The number of carbonyl (C=O) groups is 1. The lowest BCUT2D eigenvalue weighted by Gasteiger charge is -2.15. The summed E-state index contributed by atoms with van der Waals surface area (Å²) in [5.74, 6) is 0.863. The number of benzene rings is 1. The number of halogens is 1. The maximum absolute atomic E-state index is 12.6. The molecule has 1 atom stereocenters. The second-order valence-corrected chi connectivity index (χ2v) is 6.07. The molecule has 5 heteroatoms. The fourth-order valence-electron chi connectivity index (χ4n) is 2.20. The van der Waals surface area contributed by atoms with E-state index in [1.54, 1.807) is 41.8 Å². The van der Waals surface area contributed by atoms with Crippen LogP contribution in [-0.2, 0) is 0 Å². The van der Waals surface area contributed by atoms with E-state index >= 15 is 0 Å². The number of hydrogen-bond donors (Lipinski definition) is 0. The summed E-state index contributed by atoms with van der Waals surface area (Å²) >= 11 is 7.47. The first-order chi connectivity index (χ1) is 10.2. The first-order valence-corrected chi connectivity index (χ1v) is 7.79. The standard InChI is InChI=1S/C16H13ClN2OS/c1-11(15(20)12-4-6-13(17)7-5-12)19-9-8-18-16(19)14-3-2-10-21-14/h2-11H,1H3. The zero-order valence-corrected chi connectivity index (χ0v) is 12.9. The van der Waals surface area contributed by atoms with Crippen molar-refractivity contribution in [1.82, 2.24) is 9.55 Å². The molecule has 0 amide bonds. The average molecular weight is 317 g/mol. The van der Waals surface area contributed by atoms with Crippen LogP contribution in [0.5, 0.6) is 0 Å². The van der Waals surface area contributed by atoms with Gasteiger partial charge in [0.1, 0.15) is 0 Å². The summed E-state index contributed by atoms with van der Waals surface area (Å²) in [6, 6.07) is 10.6. The minimum absolute atomic E-state index is 0.0440. The van der Waals surface area contributed by atoms with Crippen LogP contribution < -0.4 is 0 Å². The molecule has 0 radical (unpaired) electrons. The second-order valence-electron chi connectivity index (χ2n) is 4.68. The maximum atomic E-state index is 12.6. The van der Waals surface area contributed by atoms with E-state index in [0.29, 0.717) is 10.6 Å². The van der Waals surface area contributed by atoms with E-state index in [-0.39, 0.29) is 11.8 Å². The molecule has 106 valence electrons. The zero-order chi connectivity index (χ0) is 14.8. The monoisotopic (exact) mass is 316 g/mol. The third kappa shape index (κ3) is 2.77. The lowest BCUT2D eigenvalue weighted by molar-refractivity contribution is 0.0935. The van der Waals surface area contributed by atoms with Crippen molar-refractivity contribution < 1.29 is 4.79 Å². The number of Topliss-reactive ketones (excluding diaryl/α,β-unsaturated/α-hetero) is 1. The highest BCUT2D eigenvalue weighted by Gasteiger charge is 2.20. The van der Waals surface area contributed by atoms with E-state index < -0.39 is 0 Å². The minimum atomic E-state index is -0.314. The summed E-state index contributed by atoms with van der Waals surface area (Å²) in [4.78, 5) is 18.0. The van der Waals surface area contributed by atoms with Crippen LogP contribution in [-0.4, -0.2) is 15.3 Å². The van der Waals surface area contributed by atoms with Crippen molar-refractivity contribution >= 4 is 28.7 Å². The highest BCUT2D eigenvalue weighted by molar-refractivity contribution is 7.13. The van der Waals surface area contributed by atoms with Crippen molar-refractivity contribution in [3.8, 4) is 10.7 Å². The van der Waals surface area contributed by atoms with Gasteiger partial charge in [-0.05, 0) is 42.6 Å². The number of aromatic nitrogens is 2. The number of ketones is 1. The number of carbonyl (C=O) groups excluding carboxylic acids is 1. The van der Waals surface area contributed by atoms with E-state index in [2.05, 4.69) is 4.98 Å². The molecule has 2 aromatic heterocycles. The van der Waals surface area contributed by atoms with E-state index in [1.165, 1.54) is 0 Å². The van der Waals surface area contributed by atoms with Gasteiger partial charge in [-0.3, -0.25) is 4.79 Å². The summed E-state index contributed by atoms with van der Waals surface area (Å²) < 4.78 is 1.91. The van der Waals surface area contributed by atoms with E-state index in [0.717, 1.165) is 10.7 Å². The van der Waals surface area contributed by atoms with Crippen LogP contribution in [0.15, 0.2) is 54.2 Å². The Morgan fingerprint density at radius 1 is 1.29 bits per heavy atom. The lowest BCUT2D eigenvalue weighted by Crippen LogP contribution is -2.16. The molecule has 1 unspecified atom stereocenters. The van der Waals surface area contributed by atoms with Crippen molar-refractivity contribution in [2.24, 2.45) is 0 Å². The normalized spacial score (nSPS) is 12.3. The molecule has 0 bridgehead atoms. The molecular formula is C16H13ClN2OS. The van der Waals surface area contributed by atoms with E-state index in [9.17, 15) is 4.79 Å². The van der Waals surface area contributed by atoms with Gasteiger partial charge in [0.25, 0.3) is 0 Å². The van der Waals surface area contributed by atoms with Crippen molar-refractivity contribution in [3.63, 3.8) is 0 Å². The SMILES string of the molecule is CC(C(=O)c1ccc(Cl)cc1)n1ccnc1-c1cccs1. The Balaban J connectivity index is 1.92. The van der Waals surface area contributed by atoms with Crippen LogP contribution in [0.3, 0.4) is 0 Å². The Bertz CT molecular complexity index is 747. The molecule has 21 heavy (non-hydrogen) atoms. The van der Waals surface area contributed by atoms with Gasteiger partial charge in [0, 0.05) is 23.0 Å². The van der Waals surface area contributed by atoms with Gasteiger partial charge >= 0.3 is 0 Å². The fourth-order valence-corrected chi connectivity index (χ4v) is 3.05. The molecule has 2 heterocycles. The first kappa shape index (κ1) is 14.0. The van der Waals surface area contributed by atoms with Crippen LogP contribution in [0.1, 0.15) is 23.3 Å². The van der Waals surface area contributed by atoms with Gasteiger partial charge in [-0.2, -0.15) is 0 Å². The van der Waals surface area contributed by atoms with Crippen molar-refractivity contribution in [2.45, 2.75) is 13.0 Å². The molecule has 3 rings (SSSR count). The molecule has 0 aliphatic heterocycles. The lowest BCUT2D eigenvalue weighted by atomic mass is 10.1. The number of nitrogens with zero attached hydrogens (tertiary/aromatic N) is 2. The van der Waals surface area contributed by atoms with Crippen molar-refractivity contribution in [1.29, 1.82) is 0 Å². The van der Waals surface area contributed by atoms with E-state index in [4.69, 9.17) is 11.6 Å². The summed E-state index contributed by atoms with van der Waals surface area (Å²) in [7, 11) is 0. The second kappa shape index (κ2) is 5.84. The molecule has 0 saturated heterocycles. The molecular weight excluding hydrogens is 304 g/mol. The summed E-state index contributed by atoms with van der Waals surface area (Å²) in [6.07, 6.45) is 3.56. The van der Waals surface area contributed by atoms with Crippen LogP contribution in [0.4, 0.5) is 0 Å². The van der Waals surface area contributed by atoms with Gasteiger partial charge in [0.2, 0.25) is 0 Å². The largest absolute Gasteiger partial charge is 0.320 e. The molecule has 0 spiro atoms. The van der Waals surface area contributed by atoms with Gasteiger partial charge in [0.15, 0.2) is 11.6 Å². The van der Waals surface area contributed by atoms with Crippen LogP contribution in [0, 0.1) is 0 Å². The van der Waals surface area contributed by atoms with Gasteiger partial charge < -0.3 is 4.57 Å². The van der Waals surface area contributed by atoms with Gasteiger partial charge in [-0.15, -0.1) is 11.3 Å². The first-order valence-electron chi connectivity index (χ1n) is 6.53. The highest BCUT2D eigenvalue weighted by Crippen LogP contribution is 2.27. The molecule has 0 N–H and O–H groups in total. The number of rotatable bonds is 4. The third-order valence-electron chi connectivity index (χ3n) is 3.34. The Hall–Kier alpha value is -1.91. The smallest absolute Gasteiger partial charge is 0.185 e. The van der Waals surface area contributed by atoms with Crippen molar-refractivity contribution in [2.75, 3.05) is 0 Å². The van der Waals surface area contributed by atoms with Crippen LogP contribution in [0.25, 0.3) is 10.7 Å². The third-order valence-corrected chi connectivity index (χ3v) is 4.45. The Morgan fingerprint density at radius 2 is 2.05 bits per heavy atom. The van der Waals surface area contributed by atoms with E-state index in [1.807, 2.05) is 35.2 Å². The molecule has 1 aromatic carbocycles. The average Bonchev–Trinajstić information content (AvgIpc) is 3.17. The van der Waals surface area contributed by atoms with Gasteiger partial charge in [-0.1, -0.05) is 17.7 Å². The topological polar surface area (TPSA) is 34.9 Å². The number of hydrogen-bond acceptors (Lipinski definition) is 3. The fraction of sp³-hybridized carbons (Fsp3) is 0.125. The molecule has 3 nitrogen and oxygen atoms in total. The number of thiophene rings is 1. The molecule has 0 fully saturated rings. The maximum Gasteiger partial charge on any atom is 0.185 e. The summed E-state index contributed by atoms with van der Waals surface area (Å²) in [5.41, 5.74) is 0.651. The van der Waals surface area contributed by atoms with Gasteiger partial charge in [-0.25, -0.2) is 4.98 Å². The Kier molecular flexibility index (Phi) is 3.90. The Morgan fingerprint density at radius 3 is 2.71 bits per heavy atom. The summed E-state index contributed by atoms with van der Waals surface area (Å²) in [5, 5.41) is 2.63. The summed E-state index contributed by atoms with van der Waals surface area (Å²) in [6.45, 7) is 1.88. The molecule has 0 aliphatic carbocycles. The van der Waals surface area contributed by atoms with Crippen LogP contribution in [0.2, 0.25) is 5.02 Å². The van der Waals surface area contributed by atoms with Crippen molar-refractivity contribution in [3.05, 3.63) is 64.8 Å². The Labute approximate surface area is 131 Å².